The Hall–Kier alpha value is -1.73. The molecule has 0 aliphatic rings. The second-order valence-corrected chi connectivity index (χ2v) is 4.95. The van der Waals surface area contributed by atoms with E-state index in [0.717, 1.165) is 0 Å². The van der Waals surface area contributed by atoms with Gasteiger partial charge in [-0.2, -0.15) is 0 Å². The fraction of sp³-hybridized carbons (Fsp3) is 0.200. The summed E-state index contributed by atoms with van der Waals surface area (Å²) in [6.45, 7) is 0. The minimum absolute atomic E-state index is 0.0905. The lowest BCUT2D eigenvalue weighted by Crippen LogP contribution is -2.12. The van der Waals surface area contributed by atoms with Gasteiger partial charge in [-0.05, 0) is 12.1 Å². The zero-order valence-corrected chi connectivity index (χ0v) is 9.61. The molecular formula is C10H11NO5S. The lowest BCUT2D eigenvalue weighted by Gasteiger charge is -2.01. The van der Waals surface area contributed by atoms with E-state index in [-0.39, 0.29) is 29.1 Å². The summed E-state index contributed by atoms with van der Waals surface area (Å²) in [5, 5.41) is 13.3. The van der Waals surface area contributed by atoms with Crippen LogP contribution in [0.4, 0.5) is 0 Å². The molecule has 0 aliphatic heterocycles. The van der Waals surface area contributed by atoms with Gasteiger partial charge < -0.3 is 5.11 Å². The molecule has 1 aromatic rings. The van der Waals surface area contributed by atoms with Crippen LogP contribution in [0.1, 0.15) is 23.2 Å². The van der Waals surface area contributed by atoms with Crippen molar-refractivity contribution >= 4 is 21.8 Å². The third kappa shape index (κ3) is 3.97. The first-order chi connectivity index (χ1) is 7.80. The number of carbonyl (C=O) groups excluding carboxylic acids is 1. The maximum absolute atomic E-state index is 11.5. The Bertz CT molecular complexity index is 532. The first kappa shape index (κ1) is 13.3. The number of Topliss-reactive ketones (excluding diaryl/α,β-unsaturated/α-hetero) is 1. The standard InChI is InChI=1S/C10H11NO5S/c11-17(15,16)8-3-1-7(2-4-8)9(12)5-6-10(13)14/h1-4H,5-6H2,(H,13,14)(H2,11,15,16). The number of benzene rings is 1. The Kier molecular flexibility index (Phi) is 3.97. The van der Waals surface area contributed by atoms with Gasteiger partial charge in [0.15, 0.2) is 5.78 Å². The van der Waals surface area contributed by atoms with Crippen LogP contribution >= 0.6 is 0 Å². The van der Waals surface area contributed by atoms with Crippen molar-refractivity contribution < 1.29 is 23.1 Å². The Labute approximate surface area is 98.1 Å². The van der Waals surface area contributed by atoms with E-state index >= 15 is 0 Å². The number of rotatable bonds is 5. The fourth-order valence-electron chi connectivity index (χ4n) is 1.20. The van der Waals surface area contributed by atoms with Crippen LogP contribution in [0.15, 0.2) is 29.2 Å². The number of sulfonamides is 1. The highest BCUT2D eigenvalue weighted by molar-refractivity contribution is 7.89. The molecule has 0 radical (unpaired) electrons. The molecule has 0 spiro atoms. The number of hydrogen-bond donors (Lipinski definition) is 2. The van der Waals surface area contributed by atoms with Crippen LogP contribution in [-0.4, -0.2) is 25.3 Å². The molecule has 3 N–H and O–H groups in total. The lowest BCUT2D eigenvalue weighted by atomic mass is 10.1. The second kappa shape index (κ2) is 5.07. The molecule has 1 rings (SSSR count). The van der Waals surface area contributed by atoms with Gasteiger partial charge in [-0.25, -0.2) is 13.6 Å². The van der Waals surface area contributed by atoms with E-state index in [9.17, 15) is 18.0 Å². The predicted octanol–water partition coefficient (Wildman–Crippen LogP) is 0.381. The first-order valence-corrected chi connectivity index (χ1v) is 6.23. The van der Waals surface area contributed by atoms with Gasteiger partial charge in [0.05, 0.1) is 11.3 Å². The van der Waals surface area contributed by atoms with Gasteiger partial charge in [0, 0.05) is 12.0 Å². The van der Waals surface area contributed by atoms with Gasteiger partial charge in [0.1, 0.15) is 0 Å². The van der Waals surface area contributed by atoms with Gasteiger partial charge >= 0.3 is 5.97 Å². The van der Waals surface area contributed by atoms with E-state index in [2.05, 4.69) is 0 Å². The van der Waals surface area contributed by atoms with Crippen molar-refractivity contribution in [2.24, 2.45) is 5.14 Å². The maximum Gasteiger partial charge on any atom is 0.303 e. The van der Waals surface area contributed by atoms with Crippen LogP contribution in [0.3, 0.4) is 0 Å². The summed E-state index contributed by atoms with van der Waals surface area (Å²) in [6, 6.07) is 5.04. The number of primary sulfonamides is 1. The van der Waals surface area contributed by atoms with Crippen LogP contribution in [0.5, 0.6) is 0 Å². The number of ketones is 1. The van der Waals surface area contributed by atoms with Crippen molar-refractivity contribution in [1.82, 2.24) is 0 Å². The molecule has 0 saturated heterocycles. The van der Waals surface area contributed by atoms with E-state index in [1.165, 1.54) is 24.3 Å². The lowest BCUT2D eigenvalue weighted by molar-refractivity contribution is -0.136. The Balaban J connectivity index is 2.81. The molecule has 0 unspecified atom stereocenters. The van der Waals surface area contributed by atoms with Crippen molar-refractivity contribution in [3.63, 3.8) is 0 Å². The quantitative estimate of drug-likeness (QED) is 0.740. The number of carboxylic acids is 1. The highest BCUT2D eigenvalue weighted by atomic mass is 32.2. The van der Waals surface area contributed by atoms with Crippen molar-refractivity contribution in [2.45, 2.75) is 17.7 Å². The number of hydrogen-bond acceptors (Lipinski definition) is 4. The fourth-order valence-corrected chi connectivity index (χ4v) is 1.71. The van der Waals surface area contributed by atoms with Crippen molar-refractivity contribution in [3.8, 4) is 0 Å². The summed E-state index contributed by atoms with van der Waals surface area (Å²) in [6.07, 6.45) is -0.375. The SMILES string of the molecule is NS(=O)(=O)c1ccc(C(=O)CCC(=O)O)cc1. The average molecular weight is 257 g/mol. The summed E-state index contributed by atoms with van der Waals surface area (Å²) >= 11 is 0. The summed E-state index contributed by atoms with van der Waals surface area (Å²) in [5.41, 5.74) is 0.263. The number of carboxylic acid groups (broad SMARTS) is 1. The molecule has 0 atom stereocenters. The number of aliphatic carboxylic acids is 1. The molecule has 17 heavy (non-hydrogen) atoms. The number of nitrogens with two attached hydrogens (primary N) is 1. The zero-order chi connectivity index (χ0) is 13.1. The van der Waals surface area contributed by atoms with E-state index < -0.39 is 16.0 Å². The zero-order valence-electron chi connectivity index (χ0n) is 8.79. The van der Waals surface area contributed by atoms with Crippen LogP contribution in [0, 0.1) is 0 Å². The summed E-state index contributed by atoms with van der Waals surface area (Å²) < 4.78 is 21.9. The molecule has 0 fully saturated rings. The Morgan fingerprint density at radius 1 is 1.12 bits per heavy atom. The van der Waals surface area contributed by atoms with Crippen LogP contribution in [-0.2, 0) is 14.8 Å². The number of carbonyl (C=O) groups is 2. The van der Waals surface area contributed by atoms with E-state index in [0.29, 0.717) is 0 Å². The first-order valence-electron chi connectivity index (χ1n) is 4.68. The molecule has 0 bridgehead atoms. The Morgan fingerprint density at radius 2 is 1.65 bits per heavy atom. The molecule has 0 aliphatic carbocycles. The van der Waals surface area contributed by atoms with E-state index in [1.807, 2.05) is 0 Å². The van der Waals surface area contributed by atoms with Gasteiger partial charge in [0.25, 0.3) is 0 Å². The van der Waals surface area contributed by atoms with Crippen molar-refractivity contribution in [2.75, 3.05) is 0 Å². The molecule has 6 nitrogen and oxygen atoms in total. The molecule has 92 valence electrons. The van der Waals surface area contributed by atoms with Crippen LogP contribution in [0.25, 0.3) is 0 Å². The molecular weight excluding hydrogens is 246 g/mol. The minimum Gasteiger partial charge on any atom is -0.481 e. The summed E-state index contributed by atoms with van der Waals surface area (Å²) in [5.74, 6) is -1.41. The highest BCUT2D eigenvalue weighted by Gasteiger charge is 2.11. The monoisotopic (exact) mass is 257 g/mol. The summed E-state index contributed by atoms with van der Waals surface area (Å²) in [4.78, 5) is 21.6. The van der Waals surface area contributed by atoms with Crippen molar-refractivity contribution in [1.29, 1.82) is 0 Å². The van der Waals surface area contributed by atoms with Gasteiger partial charge in [0.2, 0.25) is 10.0 Å². The van der Waals surface area contributed by atoms with E-state index in [1.54, 1.807) is 0 Å². The molecule has 0 saturated carbocycles. The third-order valence-corrected chi connectivity index (χ3v) is 3.00. The molecule has 7 heteroatoms. The molecule has 0 aromatic heterocycles. The third-order valence-electron chi connectivity index (χ3n) is 2.07. The molecule has 0 heterocycles. The smallest absolute Gasteiger partial charge is 0.303 e. The maximum atomic E-state index is 11.5. The van der Waals surface area contributed by atoms with Gasteiger partial charge in [-0.15, -0.1) is 0 Å². The van der Waals surface area contributed by atoms with Gasteiger partial charge in [-0.3, -0.25) is 9.59 Å². The highest BCUT2D eigenvalue weighted by Crippen LogP contribution is 2.11. The predicted molar refractivity (Wildman–Crippen MR) is 59.0 cm³/mol. The summed E-state index contributed by atoms with van der Waals surface area (Å²) in [7, 11) is -3.78. The van der Waals surface area contributed by atoms with E-state index in [4.69, 9.17) is 10.2 Å². The molecule has 1 aromatic carbocycles. The Morgan fingerprint density at radius 3 is 2.06 bits per heavy atom. The molecule has 0 amide bonds. The second-order valence-electron chi connectivity index (χ2n) is 3.39. The average Bonchev–Trinajstić information content (AvgIpc) is 2.25. The topological polar surface area (TPSA) is 115 Å². The normalized spacial score (nSPS) is 11.1. The van der Waals surface area contributed by atoms with Crippen LogP contribution < -0.4 is 5.14 Å². The van der Waals surface area contributed by atoms with Gasteiger partial charge in [-0.1, -0.05) is 12.1 Å². The van der Waals surface area contributed by atoms with Crippen molar-refractivity contribution in [3.05, 3.63) is 29.8 Å². The minimum atomic E-state index is -3.78. The van der Waals surface area contributed by atoms with Crippen LogP contribution in [0.2, 0.25) is 0 Å². The largest absolute Gasteiger partial charge is 0.481 e.